The summed E-state index contributed by atoms with van der Waals surface area (Å²) < 4.78 is 36.0. The molecule has 0 radical (unpaired) electrons. The number of amides is 2. The van der Waals surface area contributed by atoms with Crippen molar-refractivity contribution in [2.45, 2.75) is 50.9 Å². The van der Waals surface area contributed by atoms with Crippen molar-refractivity contribution in [3.63, 3.8) is 0 Å². The number of benzene rings is 2. The highest BCUT2D eigenvalue weighted by atomic mass is 35.5. The summed E-state index contributed by atoms with van der Waals surface area (Å²) in [7, 11) is 1.77. The molecular weight excluding hydrogens is 492 g/mol. The summed E-state index contributed by atoms with van der Waals surface area (Å²) in [6.45, 7) is -0.895. The standard InChI is InChI=1S/C26H29F2N3O4.ClH/c1-31-13-18-5-4-16(8-20(18)25(31)33)11-30-24(32)21-9-19(12-29-21)17-6-7-22(35-26(27)28)23(10-17)34-14-15-2-3-15;/h4-8,10,15,19,21,26,29H,2-3,9,11-14H2,1H3,(H,30,32);1H/t19?,21-;/m1./s1. The van der Waals surface area contributed by atoms with Crippen LogP contribution in [0.5, 0.6) is 11.5 Å². The number of hydrogen-bond acceptors (Lipinski definition) is 5. The first-order valence-electron chi connectivity index (χ1n) is 12.0. The van der Waals surface area contributed by atoms with Crippen LogP contribution in [-0.2, 0) is 17.9 Å². The summed E-state index contributed by atoms with van der Waals surface area (Å²) in [4.78, 5) is 26.7. The van der Waals surface area contributed by atoms with Crippen molar-refractivity contribution >= 4 is 24.2 Å². The molecule has 1 saturated carbocycles. The van der Waals surface area contributed by atoms with Crippen LogP contribution < -0.4 is 20.1 Å². The predicted octanol–water partition coefficient (Wildman–Crippen LogP) is 3.85. The van der Waals surface area contributed by atoms with Gasteiger partial charge in [0, 0.05) is 32.2 Å². The molecule has 2 aromatic rings. The molecule has 2 aliphatic heterocycles. The van der Waals surface area contributed by atoms with Gasteiger partial charge in [0.25, 0.3) is 5.91 Å². The summed E-state index contributed by atoms with van der Waals surface area (Å²) in [5.41, 5.74) is 3.49. The van der Waals surface area contributed by atoms with Crippen LogP contribution in [0, 0.1) is 5.92 Å². The molecule has 1 saturated heterocycles. The highest BCUT2D eigenvalue weighted by Crippen LogP contribution is 2.37. The molecule has 0 spiro atoms. The number of nitrogens with zero attached hydrogens (tertiary/aromatic N) is 1. The quantitative estimate of drug-likeness (QED) is 0.524. The first-order valence-corrected chi connectivity index (χ1v) is 12.0. The monoisotopic (exact) mass is 521 g/mol. The molecule has 3 aliphatic rings. The highest BCUT2D eigenvalue weighted by Gasteiger charge is 2.31. The first-order chi connectivity index (χ1) is 16.9. The number of alkyl halides is 2. The number of carbonyl (C=O) groups excluding carboxylic acids is 2. The van der Waals surface area contributed by atoms with Gasteiger partial charge >= 0.3 is 6.61 Å². The molecule has 2 aromatic carbocycles. The van der Waals surface area contributed by atoms with Crippen molar-refractivity contribution in [2.24, 2.45) is 5.92 Å². The van der Waals surface area contributed by atoms with E-state index in [0.717, 1.165) is 29.5 Å². The van der Waals surface area contributed by atoms with E-state index < -0.39 is 6.61 Å². The Morgan fingerprint density at radius 1 is 1.19 bits per heavy atom. The van der Waals surface area contributed by atoms with E-state index in [1.165, 1.54) is 6.07 Å². The Balaban J connectivity index is 0.00000304. The number of carbonyl (C=O) groups is 2. The summed E-state index contributed by atoms with van der Waals surface area (Å²) in [6, 6.07) is 10.4. The van der Waals surface area contributed by atoms with E-state index in [0.29, 0.717) is 49.9 Å². The van der Waals surface area contributed by atoms with Crippen LogP contribution in [0.15, 0.2) is 36.4 Å². The minimum atomic E-state index is -2.92. The first kappa shape index (κ1) is 26.2. The van der Waals surface area contributed by atoms with E-state index >= 15 is 0 Å². The summed E-state index contributed by atoms with van der Waals surface area (Å²) in [5.74, 6) is 0.757. The molecule has 2 amide bonds. The number of rotatable bonds is 9. The van der Waals surface area contributed by atoms with Gasteiger partial charge in [0.05, 0.1) is 12.6 Å². The van der Waals surface area contributed by atoms with Crippen molar-refractivity contribution in [3.8, 4) is 11.5 Å². The lowest BCUT2D eigenvalue weighted by atomic mass is 9.95. The lowest BCUT2D eigenvalue weighted by Crippen LogP contribution is -2.40. The maximum absolute atomic E-state index is 12.8. The third-order valence-corrected chi connectivity index (χ3v) is 6.90. The highest BCUT2D eigenvalue weighted by molar-refractivity contribution is 5.98. The van der Waals surface area contributed by atoms with Gasteiger partial charge in [-0.25, -0.2) is 0 Å². The van der Waals surface area contributed by atoms with E-state index in [9.17, 15) is 18.4 Å². The Hall–Kier alpha value is -2.91. The van der Waals surface area contributed by atoms with Gasteiger partial charge in [0.15, 0.2) is 11.5 Å². The Morgan fingerprint density at radius 2 is 2.00 bits per heavy atom. The number of nitrogens with one attached hydrogen (secondary N) is 2. The maximum Gasteiger partial charge on any atom is 0.387 e. The maximum atomic E-state index is 12.8. The normalized spacial score (nSPS) is 20.8. The fourth-order valence-corrected chi connectivity index (χ4v) is 4.68. The molecule has 2 heterocycles. The van der Waals surface area contributed by atoms with Crippen LogP contribution in [0.25, 0.3) is 0 Å². The second kappa shape index (κ2) is 11.0. The van der Waals surface area contributed by atoms with Gasteiger partial charge < -0.3 is 25.0 Å². The topological polar surface area (TPSA) is 79.9 Å². The minimum absolute atomic E-state index is 0. The van der Waals surface area contributed by atoms with Gasteiger partial charge in [-0.3, -0.25) is 9.59 Å². The largest absolute Gasteiger partial charge is 0.489 e. The molecule has 0 aromatic heterocycles. The summed E-state index contributed by atoms with van der Waals surface area (Å²) in [5, 5.41) is 6.21. The average Bonchev–Trinajstić information content (AvgIpc) is 3.46. The fraction of sp³-hybridized carbons (Fsp3) is 0.462. The van der Waals surface area contributed by atoms with E-state index in [2.05, 4.69) is 15.4 Å². The summed E-state index contributed by atoms with van der Waals surface area (Å²) >= 11 is 0. The third kappa shape index (κ3) is 5.90. The smallest absolute Gasteiger partial charge is 0.387 e. The van der Waals surface area contributed by atoms with Gasteiger partial charge in [0.1, 0.15) is 0 Å². The number of halogens is 3. The molecular formula is C26H30ClF2N3O4. The minimum Gasteiger partial charge on any atom is -0.489 e. The molecule has 2 N–H and O–H groups in total. The van der Waals surface area contributed by atoms with E-state index in [4.69, 9.17) is 4.74 Å². The lowest BCUT2D eigenvalue weighted by Gasteiger charge is -2.16. The van der Waals surface area contributed by atoms with Crippen molar-refractivity contribution in [2.75, 3.05) is 20.2 Å². The number of ether oxygens (including phenoxy) is 2. The molecule has 5 rings (SSSR count). The fourth-order valence-electron chi connectivity index (χ4n) is 4.68. The van der Waals surface area contributed by atoms with E-state index in [1.807, 2.05) is 18.2 Å². The average molecular weight is 522 g/mol. The van der Waals surface area contributed by atoms with Crippen LogP contribution >= 0.6 is 12.4 Å². The van der Waals surface area contributed by atoms with Crippen LogP contribution in [0.1, 0.15) is 52.2 Å². The van der Waals surface area contributed by atoms with Gasteiger partial charge in [-0.05, 0) is 66.0 Å². The number of hydrogen-bond donors (Lipinski definition) is 2. The Morgan fingerprint density at radius 3 is 2.75 bits per heavy atom. The molecule has 2 fully saturated rings. The lowest BCUT2D eigenvalue weighted by molar-refractivity contribution is -0.122. The zero-order valence-corrected chi connectivity index (χ0v) is 20.8. The van der Waals surface area contributed by atoms with Crippen LogP contribution in [0.4, 0.5) is 8.78 Å². The van der Waals surface area contributed by atoms with Crippen LogP contribution in [-0.4, -0.2) is 49.6 Å². The molecule has 0 bridgehead atoms. The van der Waals surface area contributed by atoms with E-state index in [1.54, 1.807) is 24.1 Å². The van der Waals surface area contributed by atoms with Gasteiger partial charge in [0.2, 0.25) is 5.91 Å². The molecule has 194 valence electrons. The molecule has 1 aliphatic carbocycles. The summed E-state index contributed by atoms with van der Waals surface area (Å²) in [6.07, 6.45) is 2.76. The Bertz CT molecular complexity index is 1130. The second-order valence-corrected chi connectivity index (χ2v) is 9.60. The van der Waals surface area contributed by atoms with Gasteiger partial charge in [-0.15, -0.1) is 12.4 Å². The molecule has 7 nitrogen and oxygen atoms in total. The molecule has 36 heavy (non-hydrogen) atoms. The predicted molar refractivity (Wildman–Crippen MR) is 132 cm³/mol. The SMILES string of the molecule is CN1Cc2ccc(CNC(=O)[C@H]3CC(c4ccc(OC(F)F)c(OCC5CC5)c4)CN3)cc2C1=O.Cl. The zero-order chi connectivity index (χ0) is 24.5. The van der Waals surface area contributed by atoms with Crippen molar-refractivity contribution in [1.82, 2.24) is 15.5 Å². The van der Waals surface area contributed by atoms with Gasteiger partial charge in [-0.2, -0.15) is 8.78 Å². The Labute approximate surface area is 214 Å². The Kier molecular flexibility index (Phi) is 8.00. The zero-order valence-electron chi connectivity index (χ0n) is 20.0. The van der Waals surface area contributed by atoms with Crippen LogP contribution in [0.3, 0.4) is 0 Å². The van der Waals surface area contributed by atoms with Gasteiger partial charge in [-0.1, -0.05) is 18.2 Å². The van der Waals surface area contributed by atoms with Crippen molar-refractivity contribution in [3.05, 3.63) is 58.7 Å². The van der Waals surface area contributed by atoms with E-state index in [-0.39, 0.29) is 41.9 Å². The van der Waals surface area contributed by atoms with Crippen LogP contribution in [0.2, 0.25) is 0 Å². The molecule has 10 heteroatoms. The molecule has 1 unspecified atom stereocenters. The number of fused-ring (bicyclic) bond motifs is 1. The molecule has 2 atom stereocenters. The third-order valence-electron chi connectivity index (χ3n) is 6.90. The van der Waals surface area contributed by atoms with Crippen molar-refractivity contribution in [1.29, 1.82) is 0 Å². The second-order valence-electron chi connectivity index (χ2n) is 9.60. The van der Waals surface area contributed by atoms with Crippen molar-refractivity contribution < 1.29 is 27.8 Å².